The van der Waals surface area contributed by atoms with Gasteiger partial charge in [-0.3, -0.25) is 9.59 Å². The maximum atomic E-state index is 13.1. The fourth-order valence-corrected chi connectivity index (χ4v) is 4.29. The normalized spacial score (nSPS) is 12.7. The van der Waals surface area contributed by atoms with Gasteiger partial charge in [0.15, 0.2) is 9.84 Å². The molecule has 0 aliphatic carbocycles. The van der Waals surface area contributed by atoms with E-state index in [1.165, 1.54) is 11.8 Å². The van der Waals surface area contributed by atoms with Gasteiger partial charge in [0.2, 0.25) is 5.91 Å². The number of hydrogen-bond donors (Lipinski definition) is 1. The smallest absolute Gasteiger partial charge is 0.258 e. The number of aromatic amines is 1. The Morgan fingerprint density at radius 2 is 1.83 bits per heavy atom. The van der Waals surface area contributed by atoms with Gasteiger partial charge in [-0.1, -0.05) is 12.1 Å². The number of sulfone groups is 1. The predicted octanol–water partition coefficient (Wildman–Crippen LogP) is 2.27. The SMILES string of the molecule is CCN(Cc1nc2ccccc2c(=O)[nH]1)C(=O)C(C)S(=O)(=O)c1ccc(F)cc1. The number of hydrogen-bond acceptors (Lipinski definition) is 5. The van der Waals surface area contributed by atoms with Crippen LogP contribution in [-0.4, -0.2) is 41.0 Å². The van der Waals surface area contributed by atoms with Gasteiger partial charge >= 0.3 is 0 Å². The van der Waals surface area contributed by atoms with Gasteiger partial charge in [0.1, 0.15) is 16.9 Å². The fourth-order valence-electron chi connectivity index (χ4n) is 2.95. The third-order valence-corrected chi connectivity index (χ3v) is 6.71. The number of amides is 1. The third kappa shape index (κ3) is 4.19. The Labute approximate surface area is 167 Å². The van der Waals surface area contributed by atoms with Crippen molar-refractivity contribution in [2.75, 3.05) is 6.54 Å². The largest absolute Gasteiger partial charge is 0.334 e. The molecule has 0 aliphatic heterocycles. The number of aromatic nitrogens is 2. The van der Waals surface area contributed by atoms with E-state index in [0.717, 1.165) is 24.3 Å². The fraction of sp³-hybridized carbons (Fsp3) is 0.250. The number of carbonyl (C=O) groups is 1. The van der Waals surface area contributed by atoms with Gasteiger partial charge in [-0.2, -0.15) is 0 Å². The maximum Gasteiger partial charge on any atom is 0.258 e. The molecule has 0 spiro atoms. The summed E-state index contributed by atoms with van der Waals surface area (Å²) in [5.41, 5.74) is 0.155. The number of H-pyrrole nitrogens is 1. The van der Waals surface area contributed by atoms with Crippen molar-refractivity contribution in [3.63, 3.8) is 0 Å². The van der Waals surface area contributed by atoms with Gasteiger partial charge in [-0.15, -0.1) is 0 Å². The molecule has 1 heterocycles. The van der Waals surface area contributed by atoms with Crippen molar-refractivity contribution in [2.24, 2.45) is 0 Å². The molecule has 3 aromatic rings. The molecule has 29 heavy (non-hydrogen) atoms. The topological polar surface area (TPSA) is 100 Å². The second-order valence-electron chi connectivity index (χ2n) is 6.52. The van der Waals surface area contributed by atoms with Crippen LogP contribution >= 0.6 is 0 Å². The molecule has 9 heteroatoms. The first-order chi connectivity index (χ1) is 13.7. The van der Waals surface area contributed by atoms with E-state index in [0.29, 0.717) is 10.9 Å². The van der Waals surface area contributed by atoms with Crippen LogP contribution in [0.4, 0.5) is 4.39 Å². The molecule has 3 rings (SSSR count). The maximum absolute atomic E-state index is 13.1. The second kappa shape index (κ2) is 8.12. The first kappa shape index (κ1) is 20.7. The van der Waals surface area contributed by atoms with E-state index in [1.54, 1.807) is 31.2 Å². The van der Waals surface area contributed by atoms with Crippen molar-refractivity contribution in [2.45, 2.75) is 30.5 Å². The zero-order valence-electron chi connectivity index (χ0n) is 15.9. The van der Waals surface area contributed by atoms with E-state index in [1.807, 2.05) is 0 Å². The summed E-state index contributed by atoms with van der Waals surface area (Å²) in [6.45, 7) is 3.17. The highest BCUT2D eigenvalue weighted by Gasteiger charge is 2.33. The first-order valence-electron chi connectivity index (χ1n) is 9.00. The number of fused-ring (bicyclic) bond motifs is 1. The highest BCUT2D eigenvalue weighted by atomic mass is 32.2. The minimum Gasteiger partial charge on any atom is -0.334 e. The number of nitrogens with one attached hydrogen (secondary N) is 1. The highest BCUT2D eigenvalue weighted by Crippen LogP contribution is 2.19. The van der Waals surface area contributed by atoms with Crippen molar-refractivity contribution in [1.82, 2.24) is 14.9 Å². The lowest BCUT2D eigenvalue weighted by atomic mass is 10.2. The molecule has 0 aliphatic rings. The van der Waals surface area contributed by atoms with Crippen LogP contribution in [0.3, 0.4) is 0 Å². The van der Waals surface area contributed by atoms with E-state index < -0.39 is 26.8 Å². The molecule has 1 atom stereocenters. The lowest BCUT2D eigenvalue weighted by molar-refractivity contribution is -0.130. The average Bonchev–Trinajstić information content (AvgIpc) is 2.71. The molecule has 0 saturated carbocycles. The van der Waals surface area contributed by atoms with Crippen molar-refractivity contribution in [3.05, 3.63) is 70.5 Å². The average molecular weight is 417 g/mol. The summed E-state index contributed by atoms with van der Waals surface area (Å²) in [7, 11) is -4.00. The molecule has 0 fully saturated rings. The molecular formula is C20H20FN3O4S. The van der Waals surface area contributed by atoms with Gasteiger partial charge in [0.05, 0.1) is 22.3 Å². The molecule has 1 unspecified atom stereocenters. The van der Waals surface area contributed by atoms with Crippen LogP contribution in [0.15, 0.2) is 58.2 Å². The van der Waals surface area contributed by atoms with Crippen LogP contribution in [0, 0.1) is 5.82 Å². The minimum atomic E-state index is -4.00. The van der Waals surface area contributed by atoms with Gasteiger partial charge in [0.25, 0.3) is 5.56 Å². The molecule has 152 valence electrons. The summed E-state index contributed by atoms with van der Waals surface area (Å²) < 4.78 is 38.6. The van der Waals surface area contributed by atoms with E-state index in [2.05, 4.69) is 9.97 Å². The Bertz CT molecular complexity index is 1210. The quantitative estimate of drug-likeness (QED) is 0.620. The molecule has 2 aromatic carbocycles. The Balaban J connectivity index is 1.87. The molecular weight excluding hydrogens is 397 g/mol. The second-order valence-corrected chi connectivity index (χ2v) is 8.79. The number of halogens is 1. The first-order valence-corrected chi connectivity index (χ1v) is 10.5. The molecule has 1 amide bonds. The van der Waals surface area contributed by atoms with Crippen molar-refractivity contribution >= 4 is 26.6 Å². The van der Waals surface area contributed by atoms with Crippen LogP contribution < -0.4 is 5.56 Å². The highest BCUT2D eigenvalue weighted by molar-refractivity contribution is 7.92. The Kier molecular flexibility index (Phi) is 5.78. The summed E-state index contributed by atoms with van der Waals surface area (Å²) in [6.07, 6.45) is 0. The number of carbonyl (C=O) groups excluding carboxylic acids is 1. The Morgan fingerprint density at radius 1 is 1.17 bits per heavy atom. The number of para-hydroxylation sites is 1. The minimum absolute atomic E-state index is 0.0430. The molecule has 1 aromatic heterocycles. The van der Waals surface area contributed by atoms with Crippen molar-refractivity contribution in [3.8, 4) is 0 Å². The number of benzene rings is 2. The van der Waals surface area contributed by atoms with E-state index in [9.17, 15) is 22.4 Å². The summed E-state index contributed by atoms with van der Waals surface area (Å²) in [5.74, 6) is -0.938. The zero-order valence-corrected chi connectivity index (χ0v) is 16.7. The molecule has 1 N–H and O–H groups in total. The molecule has 0 bridgehead atoms. The van der Waals surface area contributed by atoms with Crippen LogP contribution in [0.25, 0.3) is 10.9 Å². The van der Waals surface area contributed by atoms with Crippen LogP contribution in [-0.2, 0) is 21.2 Å². The van der Waals surface area contributed by atoms with Crippen molar-refractivity contribution < 1.29 is 17.6 Å². The summed E-state index contributed by atoms with van der Waals surface area (Å²) in [4.78, 5) is 33.2. The summed E-state index contributed by atoms with van der Waals surface area (Å²) in [5, 5.41) is -0.946. The van der Waals surface area contributed by atoms with Gasteiger partial charge in [0, 0.05) is 6.54 Å². The lowest BCUT2D eigenvalue weighted by Crippen LogP contribution is -2.41. The van der Waals surface area contributed by atoms with Crippen LogP contribution in [0.5, 0.6) is 0 Å². The number of rotatable bonds is 6. The van der Waals surface area contributed by atoms with Gasteiger partial charge in [-0.05, 0) is 50.2 Å². The van der Waals surface area contributed by atoms with Crippen LogP contribution in [0.2, 0.25) is 0 Å². The van der Waals surface area contributed by atoms with E-state index >= 15 is 0 Å². The summed E-state index contributed by atoms with van der Waals surface area (Å²) in [6, 6.07) is 11.1. The van der Waals surface area contributed by atoms with E-state index in [-0.39, 0.29) is 29.4 Å². The van der Waals surface area contributed by atoms with Crippen LogP contribution in [0.1, 0.15) is 19.7 Å². The zero-order chi connectivity index (χ0) is 21.2. The molecule has 0 saturated heterocycles. The van der Waals surface area contributed by atoms with Gasteiger partial charge < -0.3 is 9.88 Å². The standard InChI is InChI=1S/C20H20FN3O4S/c1-3-24(12-18-22-17-7-5-4-6-16(17)19(25)23-18)20(26)13(2)29(27,28)15-10-8-14(21)9-11-15/h4-11,13H,3,12H2,1-2H3,(H,22,23,25). The Hall–Kier alpha value is -3.07. The Morgan fingerprint density at radius 3 is 2.48 bits per heavy atom. The van der Waals surface area contributed by atoms with Crippen molar-refractivity contribution in [1.29, 1.82) is 0 Å². The third-order valence-electron chi connectivity index (χ3n) is 4.65. The summed E-state index contributed by atoms with van der Waals surface area (Å²) >= 11 is 0. The molecule has 7 nitrogen and oxygen atoms in total. The van der Waals surface area contributed by atoms with Gasteiger partial charge in [-0.25, -0.2) is 17.8 Å². The molecule has 0 radical (unpaired) electrons. The monoisotopic (exact) mass is 417 g/mol. The lowest BCUT2D eigenvalue weighted by Gasteiger charge is -2.24. The predicted molar refractivity (Wildman–Crippen MR) is 107 cm³/mol. The number of nitrogens with zero attached hydrogens (tertiary/aromatic N) is 2. The van der Waals surface area contributed by atoms with E-state index in [4.69, 9.17) is 0 Å².